The molecule has 0 rings (SSSR count). The lowest BCUT2D eigenvalue weighted by Gasteiger charge is -2.07. The highest BCUT2D eigenvalue weighted by molar-refractivity contribution is 5.75. The number of rotatable bonds is 51. The van der Waals surface area contributed by atoms with Crippen molar-refractivity contribution in [1.29, 1.82) is 0 Å². The predicted octanol–water partition coefficient (Wildman–Crippen LogP) is 12.5. The second-order valence-electron chi connectivity index (χ2n) is 16.1. The van der Waals surface area contributed by atoms with E-state index in [1.54, 1.807) is 14.2 Å². The van der Waals surface area contributed by atoms with Crippen molar-refractivity contribution in [1.82, 2.24) is 5.32 Å². The molecule has 0 aromatic heterocycles. The van der Waals surface area contributed by atoms with E-state index in [2.05, 4.69) is 153 Å². The second kappa shape index (κ2) is 73.7. The molecule has 13 nitrogen and oxygen atoms in total. The maximum Gasteiger partial charge on any atom is 0.303 e. The van der Waals surface area contributed by atoms with Crippen LogP contribution in [0.3, 0.4) is 0 Å². The minimum Gasteiger partial charge on any atom is -0.481 e. The summed E-state index contributed by atoms with van der Waals surface area (Å²) in [6, 6.07) is 0. The molecule has 4 N–H and O–H groups in total. The van der Waals surface area contributed by atoms with Gasteiger partial charge in [0.15, 0.2) is 0 Å². The third-order valence-electron chi connectivity index (χ3n) is 9.44. The number of ether oxygens (including phenoxy) is 8. The number of nitrogens with two attached hydrogens (primary N) is 1. The maximum atomic E-state index is 11.8. The lowest BCUT2D eigenvalue weighted by atomic mass is 10.2. The molecule has 0 atom stereocenters. The predicted molar refractivity (Wildman–Crippen MR) is 313 cm³/mol. The Morgan fingerprint density at radius 1 is 0.360 bits per heavy atom. The highest BCUT2D eigenvalue weighted by Gasteiger charge is 1.99. The average molecular weight is 1050 g/mol. The Morgan fingerprint density at radius 3 is 0.893 bits per heavy atom. The van der Waals surface area contributed by atoms with E-state index in [0.29, 0.717) is 118 Å². The van der Waals surface area contributed by atoms with Gasteiger partial charge in [0.2, 0.25) is 5.91 Å². The first kappa shape index (κ1) is 74.7. The number of aliphatic carboxylic acids is 1. The van der Waals surface area contributed by atoms with E-state index in [4.69, 9.17) is 48.7 Å². The van der Waals surface area contributed by atoms with Gasteiger partial charge in [-0.3, -0.25) is 9.59 Å². The van der Waals surface area contributed by atoms with E-state index in [0.717, 1.165) is 83.5 Å². The normalized spacial score (nSPS) is 12.4. The molecule has 0 saturated carbocycles. The Morgan fingerprint density at radius 2 is 0.613 bits per heavy atom. The van der Waals surface area contributed by atoms with Crippen LogP contribution in [0.1, 0.15) is 117 Å². The number of carboxylic acids is 1. The molecule has 1 amide bonds. The fourth-order valence-corrected chi connectivity index (χ4v) is 5.50. The number of allylic oxidation sites excluding steroid dienone is 24. The molecule has 0 unspecified atom stereocenters. The number of amides is 1. The van der Waals surface area contributed by atoms with Crippen molar-refractivity contribution < 1.29 is 52.6 Å². The van der Waals surface area contributed by atoms with Gasteiger partial charge in [-0.25, -0.2) is 0 Å². The monoisotopic (exact) mass is 1050 g/mol. The average Bonchev–Trinajstić information content (AvgIpc) is 3.41. The Labute approximate surface area is 456 Å². The first-order valence-corrected chi connectivity index (χ1v) is 27.4. The van der Waals surface area contributed by atoms with Crippen LogP contribution in [0.2, 0.25) is 0 Å². The number of carbonyl (C=O) groups excluding carboxylic acids is 1. The summed E-state index contributed by atoms with van der Waals surface area (Å²) in [6.07, 6.45) is 65.8. The summed E-state index contributed by atoms with van der Waals surface area (Å²) in [5.41, 5.74) is 5.24. The minimum absolute atomic E-state index is 0.0487. The van der Waals surface area contributed by atoms with Gasteiger partial charge in [-0.1, -0.05) is 160 Å². The van der Waals surface area contributed by atoms with E-state index >= 15 is 0 Å². The standard InChI is InChI=1S/C31H51NO5.C22H32O2.C9H21NO4/c1-3-4-5-6-7-8-9-10-11-12-13-14-15-16-17-18-19-20-21-22-31(33)32-23-24-35-27-28-37-30-29-36-26-25-34-2;1-2-3-4-5-6-7-8-9-10-11-12-13-14-15-16-17-18-19-20-21-22(23)24;1-11-4-5-13-8-9-14-7-6-12-3-2-10/h4-5,7-8,10-11,13-14,16-17,19-20H,3,6,9,12,15,18,21-30H2,1-2H3,(H,32,33);3-4,6-7,9-10,12-13,15-16,18-19H,2,5,8,11,14,17,20-21H2,1H3,(H,23,24);2-10H2,1H3/b5-4-,8-7-,11-10-,14-13-,17-16-,20-19-;4-3-,7-6-,10-9-,13-12-,16-15-,19-18-;. The Hall–Kier alpha value is -4.54. The van der Waals surface area contributed by atoms with Crippen molar-refractivity contribution in [3.8, 4) is 0 Å². The smallest absolute Gasteiger partial charge is 0.303 e. The summed E-state index contributed by atoms with van der Waals surface area (Å²) in [7, 11) is 3.29. The summed E-state index contributed by atoms with van der Waals surface area (Å²) in [5.74, 6) is -0.692. The van der Waals surface area contributed by atoms with Gasteiger partial charge >= 0.3 is 5.97 Å². The number of hydrogen-bond acceptors (Lipinski definition) is 11. The summed E-state index contributed by atoms with van der Waals surface area (Å²) < 4.78 is 41.4. The SMILES string of the molecule is CC/C=C\C/C=C\C/C=C\C/C=C\C/C=C\C/C=C\CCC(=O)NCCOCCOCCOCCOC.CC/C=C\C/C=C\C/C=C\C/C=C\C/C=C\C/C=C\CCC(=O)O.COCCOCCOCCOCCN. The molecule has 0 fully saturated rings. The zero-order chi connectivity index (χ0) is 55.1. The lowest BCUT2D eigenvalue weighted by Crippen LogP contribution is -2.27. The van der Waals surface area contributed by atoms with Crippen LogP contribution in [-0.4, -0.2) is 137 Å². The summed E-state index contributed by atoms with van der Waals surface area (Å²) in [4.78, 5) is 22.1. The number of carboxylic acid groups (broad SMARTS) is 1. The molecule has 0 radical (unpaired) electrons. The van der Waals surface area contributed by atoms with Crippen LogP contribution in [0.25, 0.3) is 0 Å². The van der Waals surface area contributed by atoms with Crippen LogP contribution in [0.5, 0.6) is 0 Å². The highest BCUT2D eigenvalue weighted by Crippen LogP contribution is 2.00. The molecule has 0 aromatic carbocycles. The van der Waals surface area contributed by atoms with Crippen LogP contribution in [0.4, 0.5) is 0 Å². The van der Waals surface area contributed by atoms with Crippen LogP contribution in [-0.2, 0) is 47.5 Å². The van der Waals surface area contributed by atoms with Crippen LogP contribution < -0.4 is 11.1 Å². The zero-order valence-corrected chi connectivity index (χ0v) is 47.1. The van der Waals surface area contributed by atoms with E-state index in [9.17, 15) is 9.59 Å². The highest BCUT2D eigenvalue weighted by atomic mass is 16.6. The molecule has 0 bridgehead atoms. The van der Waals surface area contributed by atoms with Gasteiger partial charge in [-0.2, -0.15) is 0 Å². The van der Waals surface area contributed by atoms with Crippen LogP contribution in [0, 0.1) is 0 Å². The fraction of sp³-hybridized carbons (Fsp3) is 0.581. The van der Waals surface area contributed by atoms with Crippen LogP contribution in [0.15, 0.2) is 146 Å². The second-order valence-corrected chi connectivity index (χ2v) is 16.1. The molecule has 0 heterocycles. The molecule has 0 spiro atoms. The molecular weight excluding hydrogens is 949 g/mol. The van der Waals surface area contributed by atoms with Crippen molar-refractivity contribution in [2.24, 2.45) is 5.73 Å². The number of hydrogen-bond donors (Lipinski definition) is 3. The zero-order valence-electron chi connectivity index (χ0n) is 47.1. The Kier molecular flexibility index (Phi) is 73.4. The number of nitrogens with one attached hydrogen (secondary N) is 1. The van der Waals surface area contributed by atoms with Gasteiger partial charge in [-0.15, -0.1) is 0 Å². The van der Waals surface area contributed by atoms with E-state index in [1.165, 1.54) is 0 Å². The molecule has 0 saturated heterocycles. The van der Waals surface area contributed by atoms with Gasteiger partial charge in [-0.05, 0) is 89.9 Å². The molecule has 75 heavy (non-hydrogen) atoms. The summed E-state index contributed by atoms with van der Waals surface area (Å²) >= 11 is 0. The van der Waals surface area contributed by atoms with E-state index in [-0.39, 0.29) is 12.3 Å². The third-order valence-corrected chi connectivity index (χ3v) is 9.44. The van der Waals surface area contributed by atoms with Gasteiger partial charge in [0, 0.05) is 40.2 Å². The molecule has 0 aliphatic rings. The quantitative estimate of drug-likeness (QED) is 0.0390. The first-order chi connectivity index (χ1) is 37.0. The summed E-state index contributed by atoms with van der Waals surface area (Å²) in [6.45, 7) is 13.4. The largest absolute Gasteiger partial charge is 0.481 e. The summed E-state index contributed by atoms with van der Waals surface area (Å²) in [5, 5.41) is 11.4. The van der Waals surface area contributed by atoms with Crippen molar-refractivity contribution in [3.63, 3.8) is 0 Å². The van der Waals surface area contributed by atoms with E-state index < -0.39 is 5.97 Å². The van der Waals surface area contributed by atoms with Crippen molar-refractivity contribution in [2.75, 3.05) is 120 Å². The Balaban J connectivity index is -0.00000116. The van der Waals surface area contributed by atoms with Gasteiger partial charge in [0.1, 0.15) is 0 Å². The first-order valence-electron chi connectivity index (χ1n) is 27.4. The van der Waals surface area contributed by atoms with E-state index in [1.807, 2.05) is 12.2 Å². The van der Waals surface area contributed by atoms with Gasteiger partial charge in [0.25, 0.3) is 0 Å². The number of carbonyl (C=O) groups is 2. The van der Waals surface area contributed by atoms with Gasteiger partial charge < -0.3 is 54.1 Å². The fourth-order valence-electron chi connectivity index (χ4n) is 5.50. The third kappa shape index (κ3) is 81.0. The van der Waals surface area contributed by atoms with Crippen molar-refractivity contribution in [3.05, 3.63) is 146 Å². The molecule has 0 aliphatic heterocycles. The molecule has 428 valence electrons. The van der Waals surface area contributed by atoms with Crippen molar-refractivity contribution in [2.45, 2.75) is 117 Å². The molecule has 0 aliphatic carbocycles. The minimum atomic E-state index is -0.741. The molecule has 0 aromatic rings. The molecular formula is C62H104N2O11. The number of methoxy groups -OCH3 is 2. The molecule has 13 heteroatoms. The van der Waals surface area contributed by atoms with Crippen LogP contribution >= 0.6 is 0 Å². The lowest BCUT2D eigenvalue weighted by molar-refractivity contribution is -0.136. The van der Waals surface area contributed by atoms with Crippen molar-refractivity contribution >= 4 is 11.9 Å². The van der Waals surface area contributed by atoms with Gasteiger partial charge in [0.05, 0.1) is 92.5 Å². The maximum absolute atomic E-state index is 11.8. The topological polar surface area (TPSA) is 166 Å². The Bertz CT molecular complexity index is 1530.